The molecule has 0 saturated carbocycles. The molecule has 2 aromatic carbocycles. The van der Waals surface area contributed by atoms with Crippen molar-refractivity contribution in [2.24, 2.45) is 10.3 Å². The van der Waals surface area contributed by atoms with Crippen molar-refractivity contribution in [3.63, 3.8) is 0 Å². The summed E-state index contributed by atoms with van der Waals surface area (Å²) >= 11 is 0. The number of anilines is 1. The smallest absolute Gasteiger partial charge is 0.263 e. The molecule has 2 aliphatic rings. The van der Waals surface area contributed by atoms with Gasteiger partial charge in [-0.15, -0.1) is 0 Å². The van der Waals surface area contributed by atoms with E-state index >= 15 is 0 Å². The standard InChI is InChI=1S/C19H18N4O3/c1-2-26-15-10-8-14(9-11-15)23-18(24)16-17(19(23)25)22(21-20-16)12-13-6-4-3-5-7-13/h3-11,16-17H,2,12H2,1H3/t16-,17+/m1/s1. The van der Waals surface area contributed by atoms with Crippen molar-refractivity contribution in [2.45, 2.75) is 25.6 Å². The first kappa shape index (κ1) is 16.3. The van der Waals surface area contributed by atoms with Crippen molar-refractivity contribution in [3.8, 4) is 5.75 Å². The van der Waals surface area contributed by atoms with Crippen molar-refractivity contribution in [3.05, 3.63) is 60.2 Å². The highest BCUT2D eigenvalue weighted by molar-refractivity contribution is 6.25. The van der Waals surface area contributed by atoms with Gasteiger partial charge in [0.15, 0.2) is 12.1 Å². The normalized spacial score (nSPS) is 21.4. The second kappa shape index (κ2) is 6.59. The van der Waals surface area contributed by atoms with E-state index in [1.807, 2.05) is 37.3 Å². The van der Waals surface area contributed by atoms with Gasteiger partial charge in [0.05, 0.1) is 18.8 Å². The van der Waals surface area contributed by atoms with Crippen molar-refractivity contribution >= 4 is 17.5 Å². The van der Waals surface area contributed by atoms with E-state index in [0.717, 1.165) is 5.56 Å². The van der Waals surface area contributed by atoms with Crippen LogP contribution in [0.15, 0.2) is 64.9 Å². The lowest BCUT2D eigenvalue weighted by Crippen LogP contribution is -2.39. The van der Waals surface area contributed by atoms with Gasteiger partial charge in [-0.3, -0.25) is 14.6 Å². The van der Waals surface area contributed by atoms with Gasteiger partial charge in [-0.1, -0.05) is 35.6 Å². The number of hydrogen-bond acceptors (Lipinski definition) is 6. The highest BCUT2D eigenvalue weighted by Crippen LogP contribution is 2.33. The second-order valence-corrected chi connectivity index (χ2v) is 6.12. The van der Waals surface area contributed by atoms with Gasteiger partial charge in [-0.2, -0.15) is 5.11 Å². The highest BCUT2D eigenvalue weighted by atomic mass is 16.5. The Hall–Kier alpha value is -3.22. The van der Waals surface area contributed by atoms with Crippen LogP contribution in [0.4, 0.5) is 5.69 Å². The van der Waals surface area contributed by atoms with Crippen LogP contribution in [0.5, 0.6) is 5.75 Å². The Balaban J connectivity index is 1.56. The molecule has 0 aromatic heterocycles. The zero-order valence-electron chi connectivity index (χ0n) is 14.3. The van der Waals surface area contributed by atoms with Gasteiger partial charge in [-0.05, 0) is 36.8 Å². The van der Waals surface area contributed by atoms with E-state index in [0.29, 0.717) is 24.6 Å². The number of hydrogen-bond donors (Lipinski definition) is 0. The number of nitrogens with zero attached hydrogens (tertiary/aromatic N) is 4. The molecule has 132 valence electrons. The molecular weight excluding hydrogens is 332 g/mol. The minimum Gasteiger partial charge on any atom is -0.494 e. The monoisotopic (exact) mass is 350 g/mol. The molecule has 7 heteroatoms. The molecule has 7 nitrogen and oxygen atoms in total. The number of fused-ring (bicyclic) bond motifs is 1. The van der Waals surface area contributed by atoms with E-state index in [-0.39, 0.29) is 11.8 Å². The maximum atomic E-state index is 12.9. The molecule has 2 heterocycles. The Morgan fingerprint density at radius 2 is 1.73 bits per heavy atom. The molecule has 0 radical (unpaired) electrons. The van der Waals surface area contributed by atoms with Crippen LogP contribution in [0, 0.1) is 0 Å². The first-order valence-electron chi connectivity index (χ1n) is 8.51. The molecule has 26 heavy (non-hydrogen) atoms. The predicted octanol–water partition coefficient (Wildman–Crippen LogP) is 2.58. The lowest BCUT2D eigenvalue weighted by Gasteiger charge is -2.20. The van der Waals surface area contributed by atoms with Crippen LogP contribution < -0.4 is 9.64 Å². The van der Waals surface area contributed by atoms with Crippen LogP contribution >= 0.6 is 0 Å². The quantitative estimate of drug-likeness (QED) is 0.777. The molecule has 0 unspecified atom stereocenters. The number of ether oxygens (including phenoxy) is 1. The molecule has 1 saturated heterocycles. The van der Waals surface area contributed by atoms with Crippen molar-refractivity contribution in [1.82, 2.24) is 5.01 Å². The van der Waals surface area contributed by atoms with Gasteiger partial charge in [-0.25, -0.2) is 4.90 Å². The van der Waals surface area contributed by atoms with Crippen LogP contribution in [0.3, 0.4) is 0 Å². The first-order chi connectivity index (χ1) is 12.7. The summed E-state index contributed by atoms with van der Waals surface area (Å²) in [6.07, 6.45) is 0. The second-order valence-electron chi connectivity index (χ2n) is 6.12. The summed E-state index contributed by atoms with van der Waals surface area (Å²) < 4.78 is 5.41. The third kappa shape index (κ3) is 2.71. The van der Waals surface area contributed by atoms with Gasteiger partial charge >= 0.3 is 0 Å². The Morgan fingerprint density at radius 1 is 1.00 bits per heavy atom. The van der Waals surface area contributed by atoms with Crippen LogP contribution in [0.25, 0.3) is 0 Å². The molecule has 4 rings (SSSR count). The summed E-state index contributed by atoms with van der Waals surface area (Å²) in [4.78, 5) is 26.8. The summed E-state index contributed by atoms with van der Waals surface area (Å²) in [5.74, 6) is 0.0505. The van der Waals surface area contributed by atoms with Gasteiger partial charge in [0.2, 0.25) is 0 Å². The lowest BCUT2D eigenvalue weighted by atomic mass is 10.1. The molecule has 0 spiro atoms. The average Bonchev–Trinajstić information content (AvgIpc) is 3.18. The number of carbonyl (C=O) groups is 2. The molecule has 0 N–H and O–H groups in total. The third-order valence-corrected chi connectivity index (χ3v) is 4.45. The molecule has 0 bridgehead atoms. The molecule has 0 aliphatic carbocycles. The van der Waals surface area contributed by atoms with Gasteiger partial charge in [0.25, 0.3) is 11.8 Å². The van der Waals surface area contributed by atoms with Gasteiger partial charge in [0, 0.05) is 0 Å². The number of rotatable bonds is 5. The maximum absolute atomic E-state index is 12.9. The van der Waals surface area contributed by atoms with E-state index < -0.39 is 12.1 Å². The molecular formula is C19H18N4O3. The van der Waals surface area contributed by atoms with Crippen LogP contribution in [-0.4, -0.2) is 35.5 Å². The average molecular weight is 350 g/mol. The fourth-order valence-corrected chi connectivity index (χ4v) is 3.24. The van der Waals surface area contributed by atoms with Crippen molar-refractivity contribution < 1.29 is 14.3 Å². The van der Waals surface area contributed by atoms with E-state index in [9.17, 15) is 9.59 Å². The third-order valence-electron chi connectivity index (χ3n) is 4.45. The summed E-state index contributed by atoms with van der Waals surface area (Å²) in [6, 6.07) is 15.1. The number of carbonyl (C=O) groups excluding carboxylic acids is 2. The fourth-order valence-electron chi connectivity index (χ4n) is 3.24. The first-order valence-corrected chi connectivity index (χ1v) is 8.51. The predicted molar refractivity (Wildman–Crippen MR) is 94.5 cm³/mol. The molecule has 2 atom stereocenters. The zero-order chi connectivity index (χ0) is 18.1. The lowest BCUT2D eigenvalue weighted by molar-refractivity contribution is -0.123. The minimum absolute atomic E-state index is 0.301. The summed E-state index contributed by atoms with van der Waals surface area (Å²) in [6.45, 7) is 2.89. The number of benzene rings is 2. The Bertz CT molecular complexity index is 851. The summed E-state index contributed by atoms with van der Waals surface area (Å²) in [5.41, 5.74) is 1.53. The van der Waals surface area contributed by atoms with E-state index in [2.05, 4.69) is 10.3 Å². The number of imide groups is 1. The molecule has 2 amide bonds. The van der Waals surface area contributed by atoms with Gasteiger partial charge < -0.3 is 4.74 Å². The van der Waals surface area contributed by atoms with Gasteiger partial charge in [0.1, 0.15) is 5.75 Å². The maximum Gasteiger partial charge on any atom is 0.263 e. The number of amides is 2. The Kier molecular flexibility index (Phi) is 4.12. The highest BCUT2D eigenvalue weighted by Gasteiger charge is 2.54. The van der Waals surface area contributed by atoms with E-state index in [4.69, 9.17) is 4.74 Å². The summed E-state index contributed by atoms with van der Waals surface area (Å²) in [7, 11) is 0. The Morgan fingerprint density at radius 3 is 2.42 bits per heavy atom. The molecule has 1 fully saturated rings. The topological polar surface area (TPSA) is 74.6 Å². The zero-order valence-corrected chi connectivity index (χ0v) is 14.3. The largest absolute Gasteiger partial charge is 0.494 e. The summed E-state index contributed by atoms with van der Waals surface area (Å²) in [5, 5.41) is 9.69. The van der Waals surface area contributed by atoms with E-state index in [1.54, 1.807) is 29.3 Å². The molecule has 2 aliphatic heterocycles. The fraction of sp³-hybridized carbons (Fsp3) is 0.263. The van der Waals surface area contributed by atoms with E-state index in [1.165, 1.54) is 4.90 Å². The van der Waals surface area contributed by atoms with Crippen LogP contribution in [0.2, 0.25) is 0 Å². The van der Waals surface area contributed by atoms with Crippen molar-refractivity contribution in [1.29, 1.82) is 0 Å². The SMILES string of the molecule is CCOc1ccc(N2C(=O)[C@@H]3[C@@H](N=NN3Cc3ccccc3)C2=O)cc1. The van der Waals surface area contributed by atoms with Crippen LogP contribution in [0.1, 0.15) is 12.5 Å². The minimum atomic E-state index is -0.780. The van der Waals surface area contributed by atoms with Crippen molar-refractivity contribution in [2.75, 3.05) is 11.5 Å². The van der Waals surface area contributed by atoms with Crippen LogP contribution in [-0.2, 0) is 16.1 Å². The molecule has 2 aromatic rings. The Labute approximate surface area is 150 Å².